The Labute approximate surface area is 160 Å². The molecule has 0 radical (unpaired) electrons. The minimum atomic E-state index is -3.77. The quantitative estimate of drug-likeness (QED) is 0.492. The van der Waals surface area contributed by atoms with E-state index in [1.54, 1.807) is 50.6 Å². The predicted molar refractivity (Wildman–Crippen MR) is 104 cm³/mol. The van der Waals surface area contributed by atoms with Crippen LogP contribution in [0, 0.1) is 6.92 Å². The molecule has 0 bridgehead atoms. The van der Waals surface area contributed by atoms with Gasteiger partial charge >= 0.3 is 0 Å². The second kappa shape index (κ2) is 9.64. The molecule has 0 amide bonds. The first kappa shape index (κ1) is 21.1. The number of anilines is 1. The van der Waals surface area contributed by atoms with E-state index < -0.39 is 10.0 Å². The molecule has 2 rings (SSSR count). The minimum absolute atomic E-state index is 0.136. The number of hydrogen-bond donors (Lipinski definition) is 1. The third-order valence-corrected chi connectivity index (χ3v) is 5.55. The predicted octanol–water partition coefficient (Wildman–Crippen LogP) is 3.77. The maximum absolute atomic E-state index is 12.6. The number of sulfonamides is 1. The van der Waals surface area contributed by atoms with Gasteiger partial charge < -0.3 is 9.47 Å². The molecular formula is C20H25NO5S. The zero-order valence-electron chi connectivity index (χ0n) is 15.8. The zero-order valence-corrected chi connectivity index (χ0v) is 16.6. The highest BCUT2D eigenvalue weighted by molar-refractivity contribution is 7.92. The number of Topliss-reactive ketones (excluding diaryl/α,β-unsaturated/α-hetero) is 1. The topological polar surface area (TPSA) is 81.7 Å². The van der Waals surface area contributed by atoms with Crippen LogP contribution in [0.1, 0.15) is 35.2 Å². The lowest BCUT2D eigenvalue weighted by Gasteiger charge is -2.14. The molecule has 146 valence electrons. The lowest BCUT2D eigenvalue weighted by atomic mass is 10.0. The van der Waals surface area contributed by atoms with Gasteiger partial charge in [-0.15, -0.1) is 0 Å². The molecular weight excluding hydrogens is 366 g/mol. The highest BCUT2D eigenvalue weighted by Gasteiger charge is 2.18. The van der Waals surface area contributed by atoms with Gasteiger partial charge in [0.05, 0.1) is 10.6 Å². The Balaban J connectivity index is 2.13. The van der Waals surface area contributed by atoms with Crippen LogP contribution in [0.5, 0.6) is 0 Å². The summed E-state index contributed by atoms with van der Waals surface area (Å²) < 4.78 is 38.0. The van der Waals surface area contributed by atoms with Gasteiger partial charge in [0.25, 0.3) is 10.0 Å². The maximum atomic E-state index is 12.6. The first-order valence-corrected chi connectivity index (χ1v) is 10.1. The molecule has 0 unspecified atom stereocenters. The Kier molecular flexibility index (Phi) is 7.53. The van der Waals surface area contributed by atoms with Gasteiger partial charge in [-0.25, -0.2) is 8.42 Å². The van der Waals surface area contributed by atoms with Gasteiger partial charge in [-0.05, 0) is 44.0 Å². The number of ether oxygens (including phenoxy) is 2. The first-order chi connectivity index (χ1) is 12.9. The molecule has 0 aliphatic carbocycles. The van der Waals surface area contributed by atoms with Crippen molar-refractivity contribution in [3.63, 3.8) is 0 Å². The van der Waals surface area contributed by atoms with Crippen LogP contribution in [0.3, 0.4) is 0 Å². The smallest absolute Gasteiger partial charge is 0.261 e. The van der Waals surface area contributed by atoms with Crippen LogP contribution in [-0.2, 0) is 19.5 Å². The summed E-state index contributed by atoms with van der Waals surface area (Å²) in [6.45, 7) is 1.88. The Morgan fingerprint density at radius 2 is 1.67 bits per heavy atom. The molecule has 0 aliphatic rings. The number of rotatable bonds is 10. The molecule has 7 heteroatoms. The highest BCUT2D eigenvalue weighted by Crippen LogP contribution is 2.22. The summed E-state index contributed by atoms with van der Waals surface area (Å²) in [6.07, 6.45) is 1.07. The molecule has 0 atom stereocenters. The number of carbonyl (C=O) groups is 1. The number of nitrogens with one attached hydrogen (secondary N) is 1. The monoisotopic (exact) mass is 391 g/mol. The zero-order chi connectivity index (χ0) is 19.9. The van der Waals surface area contributed by atoms with E-state index in [-0.39, 0.29) is 29.1 Å². The van der Waals surface area contributed by atoms with E-state index in [2.05, 4.69) is 4.72 Å². The molecule has 0 spiro atoms. The van der Waals surface area contributed by atoms with Crippen LogP contribution in [0.25, 0.3) is 0 Å². The number of ketones is 1. The normalized spacial score (nSPS) is 11.6. The van der Waals surface area contributed by atoms with Crippen molar-refractivity contribution in [2.24, 2.45) is 0 Å². The molecule has 1 N–H and O–H groups in total. The number of benzene rings is 2. The fourth-order valence-electron chi connectivity index (χ4n) is 2.63. The van der Waals surface area contributed by atoms with E-state index in [1.165, 1.54) is 12.1 Å². The van der Waals surface area contributed by atoms with Gasteiger partial charge in [-0.3, -0.25) is 9.52 Å². The van der Waals surface area contributed by atoms with Crippen LogP contribution in [-0.4, -0.2) is 34.7 Å². The summed E-state index contributed by atoms with van der Waals surface area (Å²) in [5.41, 5.74) is 1.59. The molecule has 27 heavy (non-hydrogen) atoms. The Hall–Kier alpha value is -2.22. The van der Waals surface area contributed by atoms with Crippen molar-refractivity contribution in [2.75, 3.05) is 18.9 Å². The van der Waals surface area contributed by atoms with Crippen molar-refractivity contribution >= 4 is 21.5 Å². The van der Waals surface area contributed by atoms with E-state index in [1.807, 2.05) is 6.92 Å². The van der Waals surface area contributed by atoms with Crippen LogP contribution < -0.4 is 4.72 Å². The molecule has 0 saturated carbocycles. The van der Waals surface area contributed by atoms with Crippen LogP contribution >= 0.6 is 0 Å². The van der Waals surface area contributed by atoms with Gasteiger partial charge in [-0.1, -0.05) is 29.8 Å². The van der Waals surface area contributed by atoms with Crippen molar-refractivity contribution in [2.45, 2.75) is 37.4 Å². The molecule has 0 saturated heterocycles. The standard InChI is InChI=1S/C20H25NO5S/c1-15-11-13-16(14-12-15)27(23,24)21-18-8-5-4-7-17(18)19(22)9-6-10-20(25-2)26-3/h4-5,7-8,11-14,20-21H,6,9-10H2,1-3H3. The molecule has 2 aromatic carbocycles. The summed E-state index contributed by atoms with van der Waals surface area (Å²) >= 11 is 0. The number of methoxy groups -OCH3 is 2. The summed E-state index contributed by atoms with van der Waals surface area (Å²) in [6, 6.07) is 13.2. The number of carbonyl (C=O) groups excluding carboxylic acids is 1. The highest BCUT2D eigenvalue weighted by atomic mass is 32.2. The minimum Gasteiger partial charge on any atom is -0.356 e. The Morgan fingerprint density at radius 1 is 1.04 bits per heavy atom. The number of para-hydroxylation sites is 1. The lowest BCUT2D eigenvalue weighted by Crippen LogP contribution is -2.16. The van der Waals surface area contributed by atoms with Gasteiger partial charge in [0.1, 0.15) is 0 Å². The van der Waals surface area contributed by atoms with Gasteiger partial charge in [0.2, 0.25) is 0 Å². The van der Waals surface area contributed by atoms with Crippen molar-refractivity contribution in [3.05, 3.63) is 59.7 Å². The SMILES string of the molecule is COC(CCCC(=O)c1ccccc1NS(=O)(=O)c1ccc(C)cc1)OC. The third kappa shape index (κ3) is 5.89. The third-order valence-electron chi connectivity index (χ3n) is 4.17. The Morgan fingerprint density at radius 3 is 2.30 bits per heavy atom. The molecule has 2 aromatic rings. The fourth-order valence-corrected chi connectivity index (χ4v) is 3.71. The van der Waals surface area contributed by atoms with Crippen LogP contribution in [0.15, 0.2) is 53.4 Å². The molecule has 6 nitrogen and oxygen atoms in total. The average Bonchev–Trinajstić information content (AvgIpc) is 2.65. The number of aryl methyl sites for hydroxylation is 1. The second-order valence-corrected chi connectivity index (χ2v) is 7.86. The maximum Gasteiger partial charge on any atom is 0.261 e. The summed E-state index contributed by atoms with van der Waals surface area (Å²) in [7, 11) is -0.677. The first-order valence-electron chi connectivity index (χ1n) is 8.64. The van der Waals surface area contributed by atoms with E-state index in [0.29, 0.717) is 18.4 Å². The molecule has 0 aliphatic heterocycles. The van der Waals surface area contributed by atoms with Crippen molar-refractivity contribution in [3.8, 4) is 0 Å². The summed E-state index contributed by atoms with van der Waals surface area (Å²) in [4.78, 5) is 12.7. The van der Waals surface area contributed by atoms with E-state index in [0.717, 1.165) is 5.56 Å². The summed E-state index contributed by atoms with van der Waals surface area (Å²) in [5, 5.41) is 0. The second-order valence-electron chi connectivity index (χ2n) is 6.18. The number of hydrogen-bond acceptors (Lipinski definition) is 5. The summed E-state index contributed by atoms with van der Waals surface area (Å²) in [5.74, 6) is -0.136. The average molecular weight is 391 g/mol. The van der Waals surface area contributed by atoms with Crippen molar-refractivity contribution < 1.29 is 22.7 Å². The van der Waals surface area contributed by atoms with Crippen molar-refractivity contribution in [1.82, 2.24) is 0 Å². The van der Waals surface area contributed by atoms with E-state index in [4.69, 9.17) is 9.47 Å². The van der Waals surface area contributed by atoms with E-state index >= 15 is 0 Å². The van der Waals surface area contributed by atoms with E-state index in [9.17, 15) is 13.2 Å². The van der Waals surface area contributed by atoms with Gasteiger partial charge in [0, 0.05) is 26.2 Å². The van der Waals surface area contributed by atoms with Gasteiger partial charge in [0.15, 0.2) is 12.1 Å². The molecule has 0 fully saturated rings. The van der Waals surface area contributed by atoms with Crippen LogP contribution in [0.4, 0.5) is 5.69 Å². The Bertz CT molecular complexity index is 858. The van der Waals surface area contributed by atoms with Crippen molar-refractivity contribution in [1.29, 1.82) is 0 Å². The fraction of sp³-hybridized carbons (Fsp3) is 0.350. The lowest BCUT2D eigenvalue weighted by molar-refractivity contribution is -0.106. The van der Waals surface area contributed by atoms with Crippen LogP contribution in [0.2, 0.25) is 0 Å². The molecule has 0 heterocycles. The molecule has 0 aromatic heterocycles. The largest absolute Gasteiger partial charge is 0.356 e. The van der Waals surface area contributed by atoms with Gasteiger partial charge in [-0.2, -0.15) is 0 Å².